The SMILES string of the molecule is CC1NCCN(C(=O)C2CC2c2cc(F)ccc2F)C1C.Cl. The predicted molar refractivity (Wildman–Crippen MR) is 83.1 cm³/mol. The summed E-state index contributed by atoms with van der Waals surface area (Å²) in [5.74, 6) is -1.17. The first-order valence-electron chi connectivity index (χ1n) is 7.48. The summed E-state index contributed by atoms with van der Waals surface area (Å²) in [6.45, 7) is 5.54. The second kappa shape index (κ2) is 6.50. The Morgan fingerprint density at radius 3 is 2.77 bits per heavy atom. The molecular weight excluding hydrogens is 310 g/mol. The van der Waals surface area contributed by atoms with Crippen LogP contribution in [0.15, 0.2) is 18.2 Å². The van der Waals surface area contributed by atoms with E-state index in [0.717, 1.165) is 18.7 Å². The molecule has 3 nitrogen and oxygen atoms in total. The van der Waals surface area contributed by atoms with E-state index in [-0.39, 0.29) is 42.2 Å². The Balaban J connectivity index is 0.00000176. The maximum atomic E-state index is 13.8. The summed E-state index contributed by atoms with van der Waals surface area (Å²) in [6, 6.07) is 3.85. The molecule has 4 unspecified atom stereocenters. The molecule has 1 amide bonds. The fraction of sp³-hybridized carbons (Fsp3) is 0.562. The number of carbonyl (C=O) groups is 1. The average Bonchev–Trinajstić information content (AvgIpc) is 3.24. The van der Waals surface area contributed by atoms with Crippen LogP contribution in [0.5, 0.6) is 0 Å². The van der Waals surface area contributed by atoms with Crippen molar-refractivity contribution in [3.63, 3.8) is 0 Å². The van der Waals surface area contributed by atoms with Crippen LogP contribution in [0.1, 0.15) is 31.7 Å². The van der Waals surface area contributed by atoms with E-state index in [1.165, 1.54) is 6.07 Å². The minimum Gasteiger partial charge on any atom is -0.337 e. The molecule has 2 fully saturated rings. The minimum absolute atomic E-state index is 0. The van der Waals surface area contributed by atoms with E-state index >= 15 is 0 Å². The second-order valence-corrected chi connectivity index (χ2v) is 6.13. The zero-order valence-corrected chi connectivity index (χ0v) is 13.5. The lowest BCUT2D eigenvalue weighted by Crippen LogP contribution is -2.57. The number of hydrogen-bond donors (Lipinski definition) is 1. The van der Waals surface area contributed by atoms with Crippen molar-refractivity contribution >= 4 is 18.3 Å². The second-order valence-electron chi connectivity index (χ2n) is 6.13. The number of carbonyl (C=O) groups excluding carboxylic acids is 1. The highest BCUT2D eigenvalue weighted by atomic mass is 35.5. The summed E-state index contributed by atoms with van der Waals surface area (Å²) in [4.78, 5) is 14.5. The lowest BCUT2D eigenvalue weighted by Gasteiger charge is -2.38. The molecule has 3 rings (SSSR count). The molecule has 0 radical (unpaired) electrons. The maximum Gasteiger partial charge on any atom is 0.226 e. The van der Waals surface area contributed by atoms with Crippen LogP contribution in [0, 0.1) is 17.6 Å². The van der Waals surface area contributed by atoms with Crippen molar-refractivity contribution in [1.82, 2.24) is 10.2 Å². The van der Waals surface area contributed by atoms with Gasteiger partial charge in [-0.1, -0.05) is 0 Å². The molecule has 0 aromatic heterocycles. The van der Waals surface area contributed by atoms with E-state index in [9.17, 15) is 13.6 Å². The molecule has 122 valence electrons. The first-order chi connectivity index (χ1) is 9.99. The Morgan fingerprint density at radius 1 is 1.32 bits per heavy atom. The average molecular weight is 331 g/mol. The van der Waals surface area contributed by atoms with Gasteiger partial charge in [-0.25, -0.2) is 8.78 Å². The normalized spacial score (nSPS) is 30.6. The highest BCUT2D eigenvalue weighted by molar-refractivity contribution is 5.85. The molecule has 22 heavy (non-hydrogen) atoms. The summed E-state index contributed by atoms with van der Waals surface area (Å²) < 4.78 is 27.0. The smallest absolute Gasteiger partial charge is 0.226 e. The van der Waals surface area contributed by atoms with Crippen LogP contribution in [0.4, 0.5) is 8.78 Å². The molecule has 1 heterocycles. The third-order valence-electron chi connectivity index (χ3n) is 4.78. The van der Waals surface area contributed by atoms with E-state index in [0.29, 0.717) is 18.5 Å². The summed E-state index contributed by atoms with van der Waals surface area (Å²) in [5, 5.41) is 3.33. The van der Waals surface area contributed by atoms with Gasteiger partial charge in [-0.3, -0.25) is 4.79 Å². The fourth-order valence-corrected chi connectivity index (χ4v) is 3.19. The van der Waals surface area contributed by atoms with Gasteiger partial charge in [0.05, 0.1) is 0 Å². The summed E-state index contributed by atoms with van der Waals surface area (Å²) in [6.07, 6.45) is 0.615. The Kier molecular flexibility index (Phi) is 5.07. The minimum atomic E-state index is -0.450. The number of amides is 1. The highest BCUT2D eigenvalue weighted by Crippen LogP contribution is 2.49. The Hall–Kier alpha value is -1.20. The lowest BCUT2D eigenvalue weighted by molar-refractivity contribution is -0.136. The molecule has 2 aliphatic rings. The Morgan fingerprint density at radius 2 is 2.05 bits per heavy atom. The summed E-state index contributed by atoms with van der Waals surface area (Å²) in [5.41, 5.74) is 0.337. The zero-order chi connectivity index (χ0) is 15.1. The Bertz CT molecular complexity index is 569. The molecule has 0 bridgehead atoms. The van der Waals surface area contributed by atoms with Crippen molar-refractivity contribution < 1.29 is 13.6 Å². The van der Waals surface area contributed by atoms with Crippen LogP contribution in [0.25, 0.3) is 0 Å². The van der Waals surface area contributed by atoms with Gasteiger partial charge in [-0.05, 0) is 49.9 Å². The molecule has 1 N–H and O–H groups in total. The monoisotopic (exact) mass is 330 g/mol. The number of nitrogens with zero attached hydrogens (tertiary/aromatic N) is 1. The first kappa shape index (κ1) is 17.2. The number of rotatable bonds is 2. The van der Waals surface area contributed by atoms with Gasteiger partial charge < -0.3 is 10.2 Å². The van der Waals surface area contributed by atoms with Crippen LogP contribution in [-0.4, -0.2) is 36.0 Å². The van der Waals surface area contributed by atoms with Crippen LogP contribution >= 0.6 is 12.4 Å². The van der Waals surface area contributed by atoms with E-state index in [1.54, 1.807) is 0 Å². The zero-order valence-electron chi connectivity index (χ0n) is 12.7. The van der Waals surface area contributed by atoms with Crippen molar-refractivity contribution in [2.24, 2.45) is 5.92 Å². The molecule has 1 aromatic rings. The van der Waals surface area contributed by atoms with Crippen LogP contribution in [0.3, 0.4) is 0 Å². The maximum absolute atomic E-state index is 13.8. The van der Waals surface area contributed by atoms with Crippen molar-refractivity contribution in [2.75, 3.05) is 13.1 Å². The third-order valence-corrected chi connectivity index (χ3v) is 4.78. The van der Waals surface area contributed by atoms with Crippen molar-refractivity contribution in [1.29, 1.82) is 0 Å². The van der Waals surface area contributed by atoms with Crippen molar-refractivity contribution in [3.8, 4) is 0 Å². The van der Waals surface area contributed by atoms with Gasteiger partial charge in [0.25, 0.3) is 0 Å². The summed E-state index contributed by atoms with van der Waals surface area (Å²) in [7, 11) is 0. The quantitative estimate of drug-likeness (QED) is 0.904. The van der Waals surface area contributed by atoms with Gasteiger partial charge in [-0.2, -0.15) is 0 Å². The predicted octanol–water partition coefficient (Wildman–Crippen LogP) is 2.70. The largest absolute Gasteiger partial charge is 0.337 e. The highest BCUT2D eigenvalue weighted by Gasteiger charge is 2.48. The molecule has 6 heteroatoms. The fourth-order valence-electron chi connectivity index (χ4n) is 3.19. The molecular formula is C16H21ClF2N2O. The molecule has 1 aromatic carbocycles. The van der Waals surface area contributed by atoms with Crippen molar-refractivity contribution in [3.05, 3.63) is 35.4 Å². The molecule has 1 aliphatic heterocycles. The van der Waals surface area contributed by atoms with Crippen LogP contribution < -0.4 is 5.32 Å². The number of piperazine rings is 1. The molecule has 1 saturated heterocycles. The van der Waals surface area contributed by atoms with E-state index in [4.69, 9.17) is 0 Å². The number of nitrogens with one attached hydrogen (secondary N) is 1. The van der Waals surface area contributed by atoms with Gasteiger partial charge in [0, 0.05) is 31.1 Å². The van der Waals surface area contributed by atoms with Crippen LogP contribution in [0.2, 0.25) is 0 Å². The van der Waals surface area contributed by atoms with Gasteiger partial charge >= 0.3 is 0 Å². The molecule has 1 saturated carbocycles. The van der Waals surface area contributed by atoms with Crippen LogP contribution in [-0.2, 0) is 4.79 Å². The lowest BCUT2D eigenvalue weighted by atomic mass is 10.0. The number of benzene rings is 1. The van der Waals surface area contributed by atoms with Gasteiger partial charge in [0.1, 0.15) is 11.6 Å². The third kappa shape index (κ3) is 3.10. The summed E-state index contributed by atoms with van der Waals surface area (Å²) >= 11 is 0. The first-order valence-corrected chi connectivity index (χ1v) is 7.48. The molecule has 1 aliphatic carbocycles. The van der Waals surface area contributed by atoms with E-state index in [2.05, 4.69) is 12.2 Å². The van der Waals surface area contributed by atoms with E-state index in [1.807, 2.05) is 11.8 Å². The van der Waals surface area contributed by atoms with Gasteiger partial charge in [0.2, 0.25) is 5.91 Å². The van der Waals surface area contributed by atoms with Gasteiger partial charge in [0.15, 0.2) is 0 Å². The van der Waals surface area contributed by atoms with Gasteiger partial charge in [-0.15, -0.1) is 12.4 Å². The molecule has 4 atom stereocenters. The topological polar surface area (TPSA) is 32.3 Å². The number of halogens is 3. The van der Waals surface area contributed by atoms with Crippen molar-refractivity contribution in [2.45, 2.75) is 38.3 Å². The Labute approximate surface area is 135 Å². The standard InChI is InChI=1S/C16H20F2N2O.ClH/c1-9-10(2)20(6-5-19-9)16(21)14-8-12(14)13-7-11(17)3-4-15(13)18;/h3-4,7,9-10,12,14,19H,5-6,8H2,1-2H3;1H. The van der Waals surface area contributed by atoms with E-state index < -0.39 is 11.6 Å². The molecule has 0 spiro atoms. The number of hydrogen-bond acceptors (Lipinski definition) is 2.